The average Bonchev–Trinajstić information content (AvgIpc) is 2.59. The molecule has 2 atom stereocenters. The number of ether oxygens (including phenoxy) is 1. The SMILES string of the molecule is CC#CCC(NC)C1CCCO1. The van der Waals surface area contributed by atoms with Gasteiger partial charge in [0.25, 0.3) is 0 Å². The molecule has 2 heteroatoms. The Bertz CT molecular complexity index is 174. The minimum atomic E-state index is 0.385. The van der Waals surface area contributed by atoms with E-state index in [0.29, 0.717) is 12.1 Å². The van der Waals surface area contributed by atoms with Crippen molar-refractivity contribution in [3.05, 3.63) is 0 Å². The monoisotopic (exact) mass is 167 g/mol. The summed E-state index contributed by atoms with van der Waals surface area (Å²) >= 11 is 0. The summed E-state index contributed by atoms with van der Waals surface area (Å²) in [5.74, 6) is 5.99. The van der Waals surface area contributed by atoms with Crippen LogP contribution in [0.15, 0.2) is 0 Å². The summed E-state index contributed by atoms with van der Waals surface area (Å²) in [5.41, 5.74) is 0. The van der Waals surface area contributed by atoms with E-state index in [0.717, 1.165) is 13.0 Å². The third kappa shape index (κ3) is 2.51. The molecular weight excluding hydrogens is 150 g/mol. The highest BCUT2D eigenvalue weighted by Crippen LogP contribution is 2.16. The molecule has 0 bridgehead atoms. The van der Waals surface area contributed by atoms with E-state index in [4.69, 9.17) is 4.74 Å². The fraction of sp³-hybridized carbons (Fsp3) is 0.800. The first-order valence-electron chi connectivity index (χ1n) is 4.57. The van der Waals surface area contributed by atoms with E-state index < -0.39 is 0 Å². The summed E-state index contributed by atoms with van der Waals surface area (Å²) < 4.78 is 5.57. The zero-order valence-corrected chi connectivity index (χ0v) is 7.89. The van der Waals surface area contributed by atoms with Gasteiger partial charge >= 0.3 is 0 Å². The van der Waals surface area contributed by atoms with Crippen LogP contribution in [0.4, 0.5) is 0 Å². The molecule has 1 aliphatic rings. The molecule has 0 aromatic rings. The summed E-state index contributed by atoms with van der Waals surface area (Å²) in [4.78, 5) is 0. The summed E-state index contributed by atoms with van der Waals surface area (Å²) in [6, 6.07) is 0.417. The molecule has 1 N–H and O–H groups in total. The van der Waals surface area contributed by atoms with Gasteiger partial charge in [0.2, 0.25) is 0 Å². The summed E-state index contributed by atoms with van der Waals surface area (Å²) in [6.07, 6.45) is 3.66. The van der Waals surface area contributed by atoms with Crippen LogP contribution in [-0.2, 0) is 4.74 Å². The largest absolute Gasteiger partial charge is 0.377 e. The third-order valence-electron chi connectivity index (χ3n) is 2.28. The molecule has 2 unspecified atom stereocenters. The molecule has 1 heterocycles. The Balaban J connectivity index is 2.35. The highest BCUT2D eigenvalue weighted by molar-refractivity contribution is 5.00. The summed E-state index contributed by atoms with van der Waals surface area (Å²) in [7, 11) is 1.98. The van der Waals surface area contributed by atoms with Gasteiger partial charge in [-0.1, -0.05) is 0 Å². The molecular formula is C10H17NO. The topological polar surface area (TPSA) is 21.3 Å². The Morgan fingerprint density at radius 3 is 3.00 bits per heavy atom. The van der Waals surface area contributed by atoms with Crippen molar-refractivity contribution in [3.8, 4) is 11.8 Å². The minimum absolute atomic E-state index is 0.385. The van der Waals surface area contributed by atoms with Crippen molar-refractivity contribution in [2.24, 2.45) is 0 Å². The number of hydrogen-bond donors (Lipinski definition) is 1. The fourth-order valence-corrected chi connectivity index (χ4v) is 1.55. The van der Waals surface area contributed by atoms with Gasteiger partial charge in [-0.15, -0.1) is 11.8 Å². The van der Waals surface area contributed by atoms with Crippen molar-refractivity contribution in [2.75, 3.05) is 13.7 Å². The molecule has 0 amide bonds. The second kappa shape index (κ2) is 5.18. The molecule has 1 rings (SSSR count). The number of hydrogen-bond acceptors (Lipinski definition) is 2. The van der Waals surface area contributed by atoms with Crippen molar-refractivity contribution in [1.29, 1.82) is 0 Å². The predicted octanol–water partition coefficient (Wildman–Crippen LogP) is 1.17. The molecule has 1 aliphatic heterocycles. The Kier molecular flexibility index (Phi) is 4.13. The van der Waals surface area contributed by atoms with Crippen LogP contribution in [0.3, 0.4) is 0 Å². The Morgan fingerprint density at radius 2 is 2.50 bits per heavy atom. The maximum absolute atomic E-state index is 5.57. The molecule has 0 saturated carbocycles. The van der Waals surface area contributed by atoms with Crippen LogP contribution in [0.2, 0.25) is 0 Å². The van der Waals surface area contributed by atoms with Gasteiger partial charge in [0.15, 0.2) is 0 Å². The Morgan fingerprint density at radius 1 is 1.67 bits per heavy atom. The lowest BCUT2D eigenvalue weighted by atomic mass is 10.1. The van der Waals surface area contributed by atoms with Crippen LogP contribution in [0.25, 0.3) is 0 Å². The van der Waals surface area contributed by atoms with Crippen molar-refractivity contribution < 1.29 is 4.74 Å². The first kappa shape index (κ1) is 9.57. The lowest BCUT2D eigenvalue weighted by Crippen LogP contribution is -2.36. The molecule has 0 aromatic heterocycles. The van der Waals surface area contributed by atoms with Crippen molar-refractivity contribution in [2.45, 2.75) is 38.3 Å². The number of likely N-dealkylation sites (N-methyl/N-ethyl adjacent to an activating group) is 1. The van der Waals surface area contributed by atoms with Gasteiger partial charge in [0.1, 0.15) is 0 Å². The molecule has 2 nitrogen and oxygen atoms in total. The van der Waals surface area contributed by atoms with Gasteiger partial charge in [-0.3, -0.25) is 0 Å². The van der Waals surface area contributed by atoms with E-state index in [1.807, 2.05) is 14.0 Å². The van der Waals surface area contributed by atoms with E-state index in [1.54, 1.807) is 0 Å². The molecule has 0 aliphatic carbocycles. The molecule has 0 spiro atoms. The molecule has 0 radical (unpaired) electrons. The van der Waals surface area contributed by atoms with E-state index >= 15 is 0 Å². The van der Waals surface area contributed by atoms with Gasteiger partial charge in [0, 0.05) is 19.1 Å². The molecule has 1 saturated heterocycles. The van der Waals surface area contributed by atoms with Gasteiger partial charge in [-0.2, -0.15) is 0 Å². The van der Waals surface area contributed by atoms with Crippen LogP contribution in [0.1, 0.15) is 26.2 Å². The maximum Gasteiger partial charge on any atom is 0.0738 e. The normalized spacial score (nSPS) is 24.7. The molecule has 0 aromatic carbocycles. The lowest BCUT2D eigenvalue weighted by Gasteiger charge is -2.19. The second-order valence-electron chi connectivity index (χ2n) is 3.08. The van der Waals surface area contributed by atoms with E-state index in [1.165, 1.54) is 12.8 Å². The first-order chi connectivity index (χ1) is 5.88. The van der Waals surface area contributed by atoms with Gasteiger partial charge < -0.3 is 10.1 Å². The standard InChI is InChI=1S/C10H17NO/c1-3-4-6-9(11-2)10-7-5-8-12-10/h9-11H,5-8H2,1-2H3. The summed E-state index contributed by atoms with van der Waals surface area (Å²) in [6.45, 7) is 2.80. The molecule has 1 fully saturated rings. The quantitative estimate of drug-likeness (QED) is 0.637. The highest BCUT2D eigenvalue weighted by atomic mass is 16.5. The van der Waals surface area contributed by atoms with Crippen molar-refractivity contribution in [3.63, 3.8) is 0 Å². The predicted molar refractivity (Wildman–Crippen MR) is 49.9 cm³/mol. The second-order valence-corrected chi connectivity index (χ2v) is 3.08. The van der Waals surface area contributed by atoms with E-state index in [2.05, 4.69) is 17.2 Å². The Labute approximate surface area is 74.7 Å². The van der Waals surface area contributed by atoms with Crippen molar-refractivity contribution in [1.82, 2.24) is 5.32 Å². The summed E-state index contributed by atoms with van der Waals surface area (Å²) in [5, 5.41) is 3.25. The maximum atomic E-state index is 5.57. The molecule has 12 heavy (non-hydrogen) atoms. The smallest absolute Gasteiger partial charge is 0.0738 e. The number of rotatable bonds is 3. The van der Waals surface area contributed by atoms with Crippen LogP contribution in [-0.4, -0.2) is 25.8 Å². The van der Waals surface area contributed by atoms with Gasteiger partial charge in [-0.25, -0.2) is 0 Å². The first-order valence-corrected chi connectivity index (χ1v) is 4.57. The van der Waals surface area contributed by atoms with Gasteiger partial charge in [-0.05, 0) is 26.8 Å². The van der Waals surface area contributed by atoms with E-state index in [-0.39, 0.29) is 0 Å². The zero-order chi connectivity index (χ0) is 8.81. The lowest BCUT2D eigenvalue weighted by molar-refractivity contribution is 0.0822. The van der Waals surface area contributed by atoms with E-state index in [9.17, 15) is 0 Å². The fourth-order valence-electron chi connectivity index (χ4n) is 1.55. The number of nitrogens with one attached hydrogen (secondary N) is 1. The van der Waals surface area contributed by atoms with Crippen LogP contribution in [0.5, 0.6) is 0 Å². The van der Waals surface area contributed by atoms with Crippen LogP contribution >= 0.6 is 0 Å². The highest BCUT2D eigenvalue weighted by Gasteiger charge is 2.23. The Hall–Kier alpha value is -0.520. The van der Waals surface area contributed by atoms with Crippen molar-refractivity contribution >= 4 is 0 Å². The third-order valence-corrected chi connectivity index (χ3v) is 2.28. The molecule has 68 valence electrons. The van der Waals surface area contributed by atoms with Crippen LogP contribution in [0, 0.1) is 11.8 Å². The van der Waals surface area contributed by atoms with Gasteiger partial charge in [0.05, 0.1) is 6.10 Å². The average molecular weight is 167 g/mol. The van der Waals surface area contributed by atoms with Crippen LogP contribution < -0.4 is 5.32 Å². The zero-order valence-electron chi connectivity index (χ0n) is 7.89. The minimum Gasteiger partial charge on any atom is -0.377 e.